The fourth-order valence-corrected chi connectivity index (χ4v) is 1.71. The van der Waals surface area contributed by atoms with Crippen LogP contribution in [0.2, 0.25) is 0 Å². The van der Waals surface area contributed by atoms with Crippen LogP contribution in [0.3, 0.4) is 0 Å². The van der Waals surface area contributed by atoms with E-state index in [-0.39, 0.29) is 22.6 Å². The molecule has 21 heavy (non-hydrogen) atoms. The molecule has 2 amide bonds. The number of aryl methyl sites for hydroxylation is 1. The summed E-state index contributed by atoms with van der Waals surface area (Å²) in [5, 5.41) is 11.0. The smallest absolute Gasteiger partial charge is 0.269 e. The lowest BCUT2D eigenvalue weighted by atomic mass is 10.1. The molecule has 0 radical (unpaired) electrons. The Labute approximate surface area is 118 Å². The van der Waals surface area contributed by atoms with Crippen molar-refractivity contribution in [2.75, 3.05) is 12.4 Å². The molecule has 1 aromatic heterocycles. The third kappa shape index (κ3) is 3.04. The molecule has 8 heteroatoms. The first-order chi connectivity index (χ1) is 9.92. The molecule has 2 rings (SSSR count). The number of nitrogens with one attached hydrogen (secondary N) is 3. The monoisotopic (exact) mass is 294 g/mol. The Morgan fingerprint density at radius 2 is 1.81 bits per heavy atom. The minimum absolute atomic E-state index is 0.0154. The Hall–Kier alpha value is -2.77. The molecular formula is C13H12F2N4O2. The fourth-order valence-electron chi connectivity index (χ4n) is 1.71. The van der Waals surface area contributed by atoms with Crippen LogP contribution in [-0.4, -0.2) is 29.1 Å². The Morgan fingerprint density at radius 1 is 1.14 bits per heavy atom. The van der Waals surface area contributed by atoms with E-state index in [9.17, 15) is 18.4 Å². The van der Waals surface area contributed by atoms with Crippen LogP contribution in [-0.2, 0) is 0 Å². The van der Waals surface area contributed by atoms with Crippen LogP contribution in [0.15, 0.2) is 18.2 Å². The predicted octanol–water partition coefficient (Wildman–Crippen LogP) is 1.61. The number of aromatic nitrogens is 2. The molecule has 2 aromatic rings. The van der Waals surface area contributed by atoms with Crippen LogP contribution in [0, 0.1) is 18.6 Å². The maximum absolute atomic E-state index is 13.2. The van der Waals surface area contributed by atoms with E-state index in [1.807, 2.05) is 0 Å². The van der Waals surface area contributed by atoms with Gasteiger partial charge in [0.15, 0.2) is 17.5 Å². The second kappa shape index (κ2) is 5.70. The maximum Gasteiger partial charge on any atom is 0.269 e. The zero-order valence-electron chi connectivity index (χ0n) is 11.3. The zero-order valence-corrected chi connectivity index (χ0v) is 11.3. The second-order valence-electron chi connectivity index (χ2n) is 4.28. The zero-order chi connectivity index (χ0) is 15.6. The number of carbonyl (C=O) groups is 2. The summed E-state index contributed by atoms with van der Waals surface area (Å²) < 4.78 is 26.2. The molecule has 0 aliphatic heterocycles. The summed E-state index contributed by atoms with van der Waals surface area (Å²) in [5.41, 5.74) is 0.432. The highest BCUT2D eigenvalue weighted by atomic mass is 19.2. The van der Waals surface area contributed by atoms with Crippen LogP contribution >= 0.6 is 0 Å². The summed E-state index contributed by atoms with van der Waals surface area (Å²) in [7, 11) is 1.45. The topological polar surface area (TPSA) is 86.9 Å². The lowest BCUT2D eigenvalue weighted by Crippen LogP contribution is -2.18. The Morgan fingerprint density at radius 3 is 2.48 bits per heavy atom. The molecule has 1 heterocycles. The number of amides is 2. The van der Waals surface area contributed by atoms with Gasteiger partial charge < -0.3 is 10.6 Å². The van der Waals surface area contributed by atoms with E-state index in [1.54, 1.807) is 0 Å². The molecule has 0 fully saturated rings. The van der Waals surface area contributed by atoms with Gasteiger partial charge >= 0.3 is 0 Å². The van der Waals surface area contributed by atoms with Gasteiger partial charge in [-0.15, -0.1) is 0 Å². The molecule has 0 aliphatic carbocycles. The first-order valence-corrected chi connectivity index (χ1v) is 5.97. The molecule has 6 nitrogen and oxygen atoms in total. The third-order valence-corrected chi connectivity index (χ3v) is 2.80. The number of anilines is 1. The number of hydrogen-bond donors (Lipinski definition) is 3. The summed E-state index contributed by atoms with van der Waals surface area (Å²) in [5.74, 6) is -3.08. The van der Waals surface area contributed by atoms with Gasteiger partial charge in [-0.1, -0.05) is 0 Å². The van der Waals surface area contributed by atoms with E-state index in [0.717, 1.165) is 12.1 Å². The van der Waals surface area contributed by atoms with Crippen LogP contribution < -0.4 is 10.6 Å². The summed E-state index contributed by atoms with van der Waals surface area (Å²) >= 11 is 0. The van der Waals surface area contributed by atoms with E-state index in [2.05, 4.69) is 20.8 Å². The quantitative estimate of drug-likeness (QED) is 0.803. The van der Waals surface area contributed by atoms with Crippen LogP contribution in [0.4, 0.5) is 14.6 Å². The van der Waals surface area contributed by atoms with Crippen molar-refractivity contribution in [2.24, 2.45) is 0 Å². The first kappa shape index (κ1) is 14.6. The Kier molecular flexibility index (Phi) is 3.97. The number of rotatable bonds is 3. The minimum Gasteiger partial charge on any atom is -0.354 e. The van der Waals surface area contributed by atoms with Gasteiger partial charge in [-0.25, -0.2) is 8.78 Å². The van der Waals surface area contributed by atoms with E-state index in [0.29, 0.717) is 0 Å². The van der Waals surface area contributed by atoms with Crippen molar-refractivity contribution in [3.63, 3.8) is 0 Å². The molecule has 3 N–H and O–H groups in total. The minimum atomic E-state index is -1.11. The van der Waals surface area contributed by atoms with E-state index in [1.165, 1.54) is 20.0 Å². The van der Waals surface area contributed by atoms with E-state index in [4.69, 9.17) is 0 Å². The summed E-state index contributed by atoms with van der Waals surface area (Å²) in [6.07, 6.45) is 0. The van der Waals surface area contributed by atoms with E-state index >= 15 is 0 Å². The molecule has 0 atom stereocenters. The summed E-state index contributed by atoms with van der Waals surface area (Å²) in [4.78, 5) is 23.3. The predicted molar refractivity (Wildman–Crippen MR) is 71.0 cm³/mol. The van der Waals surface area contributed by atoms with E-state index < -0.39 is 23.4 Å². The fraction of sp³-hybridized carbons (Fsp3) is 0.154. The van der Waals surface area contributed by atoms with Gasteiger partial charge in [0.25, 0.3) is 11.8 Å². The molecule has 0 saturated heterocycles. The highest BCUT2D eigenvalue weighted by Gasteiger charge is 2.16. The van der Waals surface area contributed by atoms with Gasteiger partial charge in [0.05, 0.1) is 0 Å². The highest BCUT2D eigenvalue weighted by Crippen LogP contribution is 2.16. The van der Waals surface area contributed by atoms with Crippen LogP contribution in [0.5, 0.6) is 0 Å². The average molecular weight is 294 g/mol. The molecule has 0 saturated carbocycles. The number of nitrogens with zero attached hydrogens (tertiary/aromatic N) is 1. The normalized spacial score (nSPS) is 10.3. The van der Waals surface area contributed by atoms with Crippen molar-refractivity contribution in [3.8, 4) is 0 Å². The molecule has 0 aliphatic rings. The number of carbonyl (C=O) groups excluding carboxylic acids is 2. The van der Waals surface area contributed by atoms with Crippen molar-refractivity contribution in [1.82, 2.24) is 15.5 Å². The van der Waals surface area contributed by atoms with Crippen molar-refractivity contribution in [3.05, 3.63) is 46.7 Å². The van der Waals surface area contributed by atoms with Gasteiger partial charge in [-0.05, 0) is 24.6 Å². The number of halogens is 2. The lowest BCUT2D eigenvalue weighted by Gasteiger charge is -2.06. The third-order valence-electron chi connectivity index (χ3n) is 2.80. The summed E-state index contributed by atoms with van der Waals surface area (Å²) in [6, 6.07) is 3.07. The first-order valence-electron chi connectivity index (χ1n) is 5.97. The molecular weight excluding hydrogens is 282 g/mol. The molecule has 0 bridgehead atoms. The number of H-pyrrole nitrogens is 1. The molecule has 0 unspecified atom stereocenters. The number of benzene rings is 1. The molecule has 110 valence electrons. The maximum atomic E-state index is 13.2. The SMILES string of the molecule is CNC(=O)c1cc(NC(=O)c2cc(F)c(F)cc2C)n[nH]1. The van der Waals surface area contributed by atoms with Gasteiger partial charge in [-0.2, -0.15) is 5.10 Å². The van der Waals surface area contributed by atoms with Gasteiger partial charge in [0.1, 0.15) is 5.69 Å². The van der Waals surface area contributed by atoms with Crippen LogP contribution in [0.25, 0.3) is 0 Å². The van der Waals surface area contributed by atoms with Crippen molar-refractivity contribution in [2.45, 2.75) is 6.92 Å². The standard InChI is InChI=1S/C13H12F2N4O2/c1-6-3-8(14)9(15)4-7(6)12(20)17-11-5-10(18-19-11)13(21)16-2/h3-5H,1-2H3,(H,16,21)(H2,17,18,19,20). The largest absolute Gasteiger partial charge is 0.354 e. The van der Waals surface area contributed by atoms with Gasteiger partial charge in [-0.3, -0.25) is 14.7 Å². The Bertz CT molecular complexity index is 712. The molecule has 1 aromatic carbocycles. The number of hydrogen-bond acceptors (Lipinski definition) is 3. The Balaban J connectivity index is 2.20. The van der Waals surface area contributed by atoms with Crippen LogP contribution in [0.1, 0.15) is 26.4 Å². The number of aromatic amines is 1. The van der Waals surface area contributed by atoms with Gasteiger partial charge in [0.2, 0.25) is 0 Å². The van der Waals surface area contributed by atoms with Crippen molar-refractivity contribution < 1.29 is 18.4 Å². The second-order valence-corrected chi connectivity index (χ2v) is 4.28. The highest BCUT2D eigenvalue weighted by molar-refractivity contribution is 6.05. The average Bonchev–Trinajstić information content (AvgIpc) is 2.90. The van der Waals surface area contributed by atoms with Crippen molar-refractivity contribution in [1.29, 1.82) is 0 Å². The lowest BCUT2D eigenvalue weighted by molar-refractivity contribution is 0.0957. The molecule has 0 spiro atoms. The summed E-state index contributed by atoms with van der Waals surface area (Å²) in [6.45, 7) is 1.48. The van der Waals surface area contributed by atoms with Gasteiger partial charge in [0, 0.05) is 18.7 Å². The van der Waals surface area contributed by atoms with Crippen molar-refractivity contribution >= 4 is 17.6 Å².